The van der Waals surface area contributed by atoms with Gasteiger partial charge < -0.3 is 10.4 Å². The molecule has 0 bridgehead atoms. The quantitative estimate of drug-likeness (QED) is 0.901. The Hall–Kier alpha value is -0.870. The normalized spacial score (nSPS) is 29.0. The molecule has 1 aromatic heterocycles. The van der Waals surface area contributed by atoms with E-state index in [1.54, 1.807) is 11.3 Å². The lowest BCUT2D eigenvalue weighted by Gasteiger charge is -2.25. The van der Waals surface area contributed by atoms with Crippen molar-refractivity contribution in [2.24, 2.45) is 11.8 Å². The van der Waals surface area contributed by atoms with Gasteiger partial charge in [-0.2, -0.15) is 0 Å². The molecule has 21 heavy (non-hydrogen) atoms. The lowest BCUT2D eigenvalue weighted by molar-refractivity contribution is 0.0913. The Kier molecular flexibility index (Phi) is 4.65. The molecular formula is C17H25NO2S. The van der Waals surface area contributed by atoms with Gasteiger partial charge in [0.05, 0.1) is 11.0 Å². The average molecular weight is 307 g/mol. The predicted molar refractivity (Wildman–Crippen MR) is 85.8 cm³/mol. The first kappa shape index (κ1) is 15.0. The van der Waals surface area contributed by atoms with E-state index in [9.17, 15) is 9.90 Å². The van der Waals surface area contributed by atoms with Crippen molar-refractivity contribution in [2.45, 2.75) is 58.0 Å². The number of carbonyl (C=O) groups is 1. The lowest BCUT2D eigenvalue weighted by Crippen LogP contribution is -2.31. The third kappa shape index (κ3) is 3.67. The van der Waals surface area contributed by atoms with Gasteiger partial charge in [0.15, 0.2) is 0 Å². The number of aliphatic hydroxyl groups excluding tert-OH is 1. The minimum Gasteiger partial charge on any atom is -0.393 e. The maximum Gasteiger partial charge on any atom is 0.261 e. The summed E-state index contributed by atoms with van der Waals surface area (Å²) in [5, 5.41) is 12.6. The molecule has 2 aliphatic rings. The second-order valence-corrected chi connectivity index (χ2v) is 7.93. The molecule has 4 heteroatoms. The number of aryl methyl sites for hydroxylation is 1. The smallest absolute Gasteiger partial charge is 0.261 e. The van der Waals surface area contributed by atoms with Crippen molar-refractivity contribution < 1.29 is 9.90 Å². The van der Waals surface area contributed by atoms with E-state index in [1.807, 2.05) is 0 Å². The zero-order chi connectivity index (χ0) is 14.8. The summed E-state index contributed by atoms with van der Waals surface area (Å²) >= 11 is 1.68. The number of aliphatic hydroxyl groups is 1. The summed E-state index contributed by atoms with van der Waals surface area (Å²) in [6.45, 7) is 3.04. The van der Waals surface area contributed by atoms with Crippen molar-refractivity contribution in [3.05, 3.63) is 21.4 Å². The molecule has 1 fully saturated rings. The number of rotatable bonds is 3. The summed E-state index contributed by atoms with van der Waals surface area (Å²) in [6.07, 6.45) is 7.20. The van der Waals surface area contributed by atoms with Gasteiger partial charge in [0, 0.05) is 11.4 Å². The van der Waals surface area contributed by atoms with Crippen molar-refractivity contribution >= 4 is 17.2 Å². The summed E-state index contributed by atoms with van der Waals surface area (Å²) in [5.74, 6) is 1.37. The van der Waals surface area contributed by atoms with Crippen molar-refractivity contribution in [1.29, 1.82) is 0 Å². The van der Waals surface area contributed by atoms with Crippen molar-refractivity contribution in [3.8, 4) is 0 Å². The van der Waals surface area contributed by atoms with Gasteiger partial charge >= 0.3 is 0 Å². The van der Waals surface area contributed by atoms with E-state index < -0.39 is 0 Å². The van der Waals surface area contributed by atoms with Gasteiger partial charge in [0.1, 0.15) is 0 Å². The van der Waals surface area contributed by atoms with Crippen LogP contribution in [0.25, 0.3) is 0 Å². The van der Waals surface area contributed by atoms with Gasteiger partial charge in [0.2, 0.25) is 0 Å². The molecular weight excluding hydrogens is 282 g/mol. The minimum absolute atomic E-state index is 0.0909. The van der Waals surface area contributed by atoms with Crippen LogP contribution in [0.5, 0.6) is 0 Å². The standard InChI is InChI=1S/C17H25NO2S/c1-11-2-7-15-13(8-11)9-16(21-15)17(20)18-10-12-3-5-14(19)6-4-12/h9,11-12,14,19H,2-8,10H2,1H3,(H,18,20). The van der Waals surface area contributed by atoms with Crippen molar-refractivity contribution in [2.75, 3.05) is 6.54 Å². The van der Waals surface area contributed by atoms with Gasteiger partial charge in [-0.25, -0.2) is 0 Å². The molecule has 2 aliphatic carbocycles. The van der Waals surface area contributed by atoms with Gasteiger partial charge in [-0.05, 0) is 68.4 Å². The lowest BCUT2D eigenvalue weighted by atomic mass is 9.87. The van der Waals surface area contributed by atoms with Crippen LogP contribution in [-0.2, 0) is 12.8 Å². The number of amides is 1. The Labute approximate surface area is 130 Å². The Balaban J connectivity index is 1.54. The van der Waals surface area contributed by atoms with Gasteiger partial charge in [-0.1, -0.05) is 6.92 Å². The van der Waals surface area contributed by atoms with E-state index in [0.29, 0.717) is 5.92 Å². The molecule has 0 radical (unpaired) electrons. The third-order valence-corrected chi connectivity index (χ3v) is 6.16. The first-order chi connectivity index (χ1) is 10.1. The topological polar surface area (TPSA) is 49.3 Å². The molecule has 1 aromatic rings. The summed E-state index contributed by atoms with van der Waals surface area (Å²) in [7, 11) is 0. The van der Waals surface area contributed by atoms with Crippen molar-refractivity contribution in [3.63, 3.8) is 0 Å². The number of hydrogen-bond donors (Lipinski definition) is 2. The Morgan fingerprint density at radius 1 is 1.33 bits per heavy atom. The highest BCUT2D eigenvalue weighted by molar-refractivity contribution is 7.14. The summed E-state index contributed by atoms with van der Waals surface area (Å²) in [6, 6.07) is 2.11. The van der Waals surface area contributed by atoms with E-state index in [1.165, 1.54) is 16.9 Å². The summed E-state index contributed by atoms with van der Waals surface area (Å²) < 4.78 is 0. The number of carbonyl (C=O) groups excluding carboxylic acids is 1. The number of hydrogen-bond acceptors (Lipinski definition) is 3. The third-order valence-electron chi connectivity index (χ3n) is 4.92. The van der Waals surface area contributed by atoms with E-state index in [0.717, 1.165) is 55.9 Å². The van der Waals surface area contributed by atoms with Gasteiger partial charge in [-0.3, -0.25) is 4.79 Å². The molecule has 116 valence electrons. The second kappa shape index (κ2) is 6.49. The first-order valence-corrected chi connectivity index (χ1v) is 9.01. The maximum atomic E-state index is 12.3. The molecule has 3 rings (SSSR count). The SMILES string of the molecule is CC1CCc2sc(C(=O)NCC3CCC(O)CC3)cc2C1. The molecule has 1 unspecified atom stereocenters. The number of thiophene rings is 1. The molecule has 1 atom stereocenters. The number of fused-ring (bicyclic) bond motifs is 1. The van der Waals surface area contributed by atoms with Crippen LogP contribution in [0.3, 0.4) is 0 Å². The van der Waals surface area contributed by atoms with Crippen LogP contribution < -0.4 is 5.32 Å². The van der Waals surface area contributed by atoms with Crippen LogP contribution in [0.2, 0.25) is 0 Å². The van der Waals surface area contributed by atoms with Crippen molar-refractivity contribution in [1.82, 2.24) is 5.32 Å². The fourth-order valence-corrected chi connectivity index (χ4v) is 4.62. The molecule has 0 aliphatic heterocycles. The highest BCUT2D eigenvalue weighted by Gasteiger charge is 2.22. The van der Waals surface area contributed by atoms with E-state index in [2.05, 4.69) is 18.3 Å². The van der Waals surface area contributed by atoms with Crippen LogP contribution in [-0.4, -0.2) is 23.7 Å². The fraction of sp³-hybridized carbons (Fsp3) is 0.706. The van der Waals surface area contributed by atoms with E-state index in [4.69, 9.17) is 0 Å². The minimum atomic E-state index is -0.122. The molecule has 1 amide bonds. The van der Waals surface area contributed by atoms with E-state index >= 15 is 0 Å². The predicted octanol–water partition coefficient (Wildman–Crippen LogP) is 3.15. The zero-order valence-corrected chi connectivity index (χ0v) is 13.5. The Morgan fingerprint density at radius 3 is 2.86 bits per heavy atom. The molecule has 1 saturated carbocycles. The maximum absolute atomic E-state index is 12.3. The highest BCUT2D eigenvalue weighted by Crippen LogP contribution is 2.32. The number of nitrogens with one attached hydrogen (secondary N) is 1. The van der Waals surface area contributed by atoms with Crippen LogP contribution in [0, 0.1) is 11.8 Å². The second-order valence-electron chi connectivity index (χ2n) is 6.79. The monoisotopic (exact) mass is 307 g/mol. The molecule has 1 heterocycles. The van der Waals surface area contributed by atoms with Crippen LogP contribution in [0.4, 0.5) is 0 Å². The van der Waals surface area contributed by atoms with Crippen LogP contribution in [0.1, 0.15) is 59.1 Å². The Morgan fingerprint density at radius 2 is 2.10 bits per heavy atom. The first-order valence-electron chi connectivity index (χ1n) is 8.19. The molecule has 3 nitrogen and oxygen atoms in total. The Bertz CT molecular complexity index is 503. The largest absolute Gasteiger partial charge is 0.393 e. The fourth-order valence-electron chi connectivity index (χ4n) is 3.49. The van der Waals surface area contributed by atoms with Gasteiger partial charge in [-0.15, -0.1) is 11.3 Å². The molecule has 0 saturated heterocycles. The van der Waals surface area contributed by atoms with Gasteiger partial charge in [0.25, 0.3) is 5.91 Å². The zero-order valence-electron chi connectivity index (χ0n) is 12.7. The summed E-state index contributed by atoms with van der Waals surface area (Å²) in [5.41, 5.74) is 1.39. The highest BCUT2D eigenvalue weighted by atomic mass is 32.1. The molecule has 2 N–H and O–H groups in total. The van der Waals surface area contributed by atoms with Crippen LogP contribution >= 0.6 is 11.3 Å². The van der Waals surface area contributed by atoms with E-state index in [-0.39, 0.29) is 12.0 Å². The molecule has 0 spiro atoms. The average Bonchev–Trinajstić information content (AvgIpc) is 2.89. The van der Waals surface area contributed by atoms with Crippen LogP contribution in [0.15, 0.2) is 6.07 Å². The molecule has 0 aromatic carbocycles. The summed E-state index contributed by atoms with van der Waals surface area (Å²) in [4.78, 5) is 14.6.